The lowest BCUT2D eigenvalue weighted by Crippen LogP contribution is -2.28. The number of aryl methyl sites for hydroxylation is 2. The fourth-order valence-electron chi connectivity index (χ4n) is 2.02. The minimum absolute atomic E-state index is 0.299. The van der Waals surface area contributed by atoms with Crippen LogP contribution in [0.2, 0.25) is 0 Å². The van der Waals surface area contributed by atoms with Crippen molar-refractivity contribution < 1.29 is 14.3 Å². The monoisotopic (exact) mass is 264 g/mol. The van der Waals surface area contributed by atoms with Crippen LogP contribution in [0.1, 0.15) is 42.9 Å². The summed E-state index contributed by atoms with van der Waals surface area (Å²) in [7, 11) is 1.40. The molecule has 0 saturated carbocycles. The molecule has 0 saturated heterocycles. The molecule has 0 bridgehead atoms. The zero-order valence-corrected chi connectivity index (χ0v) is 12.6. The Balaban J connectivity index is 2.92. The van der Waals surface area contributed by atoms with Gasteiger partial charge in [-0.25, -0.2) is 4.79 Å². The summed E-state index contributed by atoms with van der Waals surface area (Å²) in [5.41, 5.74) is 3.39. The van der Waals surface area contributed by atoms with Gasteiger partial charge in [0.2, 0.25) is 0 Å². The molecule has 1 rings (SSSR count). The number of benzene rings is 1. The maximum Gasteiger partial charge on any atom is 0.347 e. The van der Waals surface area contributed by atoms with Crippen molar-refractivity contribution in [1.82, 2.24) is 0 Å². The standard InChI is InChI=1S/C16H24O3/c1-6-7-8-14(16(17)18-5)19-15-10-11(2)9-12(3)13(15)4/h9-10,14H,6-8H2,1-5H3. The molecule has 106 valence electrons. The molecule has 1 aromatic carbocycles. The third-order valence-electron chi connectivity index (χ3n) is 3.32. The topological polar surface area (TPSA) is 35.5 Å². The van der Waals surface area contributed by atoms with E-state index in [0.29, 0.717) is 6.42 Å². The lowest BCUT2D eigenvalue weighted by Gasteiger charge is -2.19. The predicted octanol–water partition coefficient (Wildman–Crippen LogP) is 3.72. The van der Waals surface area contributed by atoms with E-state index >= 15 is 0 Å². The molecule has 0 aliphatic rings. The van der Waals surface area contributed by atoms with Gasteiger partial charge in [-0.05, 0) is 56.4 Å². The van der Waals surface area contributed by atoms with E-state index in [-0.39, 0.29) is 5.97 Å². The zero-order valence-electron chi connectivity index (χ0n) is 12.6. The molecule has 0 heterocycles. The molecular weight excluding hydrogens is 240 g/mol. The van der Waals surface area contributed by atoms with Crippen LogP contribution in [0.25, 0.3) is 0 Å². The summed E-state index contributed by atoms with van der Waals surface area (Å²) in [6.07, 6.45) is 2.16. The van der Waals surface area contributed by atoms with Crippen molar-refractivity contribution in [3.63, 3.8) is 0 Å². The first-order chi connectivity index (χ1) is 8.99. The van der Waals surface area contributed by atoms with Crippen molar-refractivity contribution in [2.45, 2.75) is 53.1 Å². The minimum Gasteiger partial charge on any atom is -0.478 e. The van der Waals surface area contributed by atoms with E-state index < -0.39 is 6.10 Å². The van der Waals surface area contributed by atoms with Crippen LogP contribution in [0, 0.1) is 20.8 Å². The fraction of sp³-hybridized carbons (Fsp3) is 0.562. The first-order valence-corrected chi connectivity index (χ1v) is 6.82. The largest absolute Gasteiger partial charge is 0.478 e. The molecule has 1 unspecified atom stereocenters. The predicted molar refractivity (Wildman–Crippen MR) is 76.6 cm³/mol. The van der Waals surface area contributed by atoms with Crippen LogP contribution >= 0.6 is 0 Å². The molecule has 0 N–H and O–H groups in total. The van der Waals surface area contributed by atoms with Gasteiger partial charge in [-0.15, -0.1) is 0 Å². The second-order valence-electron chi connectivity index (χ2n) is 4.98. The van der Waals surface area contributed by atoms with Gasteiger partial charge < -0.3 is 9.47 Å². The third-order valence-corrected chi connectivity index (χ3v) is 3.32. The quantitative estimate of drug-likeness (QED) is 0.734. The highest BCUT2D eigenvalue weighted by molar-refractivity contribution is 5.75. The van der Waals surface area contributed by atoms with E-state index in [0.717, 1.165) is 29.7 Å². The summed E-state index contributed by atoms with van der Waals surface area (Å²) in [5.74, 6) is 0.482. The van der Waals surface area contributed by atoms with Crippen molar-refractivity contribution in [2.24, 2.45) is 0 Å². The van der Waals surface area contributed by atoms with Crippen molar-refractivity contribution >= 4 is 5.97 Å². The molecule has 3 heteroatoms. The Kier molecular flexibility index (Phi) is 5.87. The molecule has 0 aromatic heterocycles. The number of carbonyl (C=O) groups excluding carboxylic acids is 1. The Bertz CT molecular complexity index is 438. The summed E-state index contributed by atoms with van der Waals surface area (Å²) in [6, 6.07) is 4.09. The number of rotatable bonds is 6. The third kappa shape index (κ3) is 4.27. The summed E-state index contributed by atoms with van der Waals surface area (Å²) in [5, 5.41) is 0. The van der Waals surface area contributed by atoms with E-state index in [1.807, 2.05) is 26.8 Å². The molecule has 0 aliphatic carbocycles. The highest BCUT2D eigenvalue weighted by Crippen LogP contribution is 2.25. The van der Waals surface area contributed by atoms with E-state index in [9.17, 15) is 4.79 Å². The smallest absolute Gasteiger partial charge is 0.347 e. The van der Waals surface area contributed by atoms with Gasteiger partial charge in [-0.1, -0.05) is 19.4 Å². The zero-order chi connectivity index (χ0) is 14.4. The molecule has 1 atom stereocenters. The second-order valence-corrected chi connectivity index (χ2v) is 4.98. The summed E-state index contributed by atoms with van der Waals surface area (Å²) >= 11 is 0. The Morgan fingerprint density at radius 3 is 2.53 bits per heavy atom. The van der Waals surface area contributed by atoms with E-state index in [2.05, 4.69) is 13.0 Å². The maximum absolute atomic E-state index is 11.8. The van der Waals surface area contributed by atoms with Crippen LogP contribution in [-0.4, -0.2) is 19.2 Å². The number of ether oxygens (including phenoxy) is 2. The average Bonchev–Trinajstić information content (AvgIpc) is 2.38. The molecule has 3 nitrogen and oxygen atoms in total. The molecule has 0 amide bonds. The minimum atomic E-state index is -0.509. The highest BCUT2D eigenvalue weighted by atomic mass is 16.6. The van der Waals surface area contributed by atoms with Gasteiger partial charge in [0, 0.05) is 0 Å². The highest BCUT2D eigenvalue weighted by Gasteiger charge is 2.21. The summed E-state index contributed by atoms with van der Waals surface area (Å²) in [4.78, 5) is 11.8. The van der Waals surface area contributed by atoms with E-state index in [1.54, 1.807) is 0 Å². The van der Waals surface area contributed by atoms with Crippen LogP contribution in [-0.2, 0) is 9.53 Å². The van der Waals surface area contributed by atoms with Gasteiger partial charge in [-0.2, -0.15) is 0 Å². The molecule has 0 fully saturated rings. The van der Waals surface area contributed by atoms with Crippen LogP contribution in [0.15, 0.2) is 12.1 Å². The fourth-order valence-corrected chi connectivity index (χ4v) is 2.02. The van der Waals surface area contributed by atoms with Crippen LogP contribution in [0.3, 0.4) is 0 Å². The molecule has 0 radical (unpaired) electrons. The lowest BCUT2D eigenvalue weighted by molar-refractivity contribution is -0.149. The van der Waals surface area contributed by atoms with Crippen molar-refractivity contribution in [3.05, 3.63) is 28.8 Å². The number of hydrogen-bond donors (Lipinski definition) is 0. The lowest BCUT2D eigenvalue weighted by atomic mass is 10.1. The van der Waals surface area contributed by atoms with Gasteiger partial charge >= 0.3 is 5.97 Å². The van der Waals surface area contributed by atoms with Crippen LogP contribution < -0.4 is 4.74 Å². The van der Waals surface area contributed by atoms with E-state index in [1.165, 1.54) is 12.7 Å². The van der Waals surface area contributed by atoms with Crippen LogP contribution in [0.5, 0.6) is 5.75 Å². The Morgan fingerprint density at radius 1 is 1.26 bits per heavy atom. The summed E-state index contributed by atoms with van der Waals surface area (Å²) < 4.78 is 10.7. The van der Waals surface area contributed by atoms with Gasteiger partial charge in [0.1, 0.15) is 5.75 Å². The first-order valence-electron chi connectivity index (χ1n) is 6.82. The van der Waals surface area contributed by atoms with Crippen molar-refractivity contribution in [1.29, 1.82) is 0 Å². The number of hydrogen-bond acceptors (Lipinski definition) is 3. The molecular formula is C16H24O3. The molecule has 1 aromatic rings. The summed E-state index contributed by atoms with van der Waals surface area (Å²) in [6.45, 7) is 8.18. The Hall–Kier alpha value is -1.51. The van der Waals surface area contributed by atoms with Crippen LogP contribution in [0.4, 0.5) is 0 Å². The Labute approximate surface area is 115 Å². The number of esters is 1. The number of unbranched alkanes of at least 4 members (excludes halogenated alkanes) is 1. The number of methoxy groups -OCH3 is 1. The van der Waals surface area contributed by atoms with E-state index in [4.69, 9.17) is 9.47 Å². The SMILES string of the molecule is CCCCC(Oc1cc(C)cc(C)c1C)C(=O)OC. The van der Waals surface area contributed by atoms with Gasteiger partial charge in [0.25, 0.3) is 0 Å². The molecule has 19 heavy (non-hydrogen) atoms. The normalized spacial score (nSPS) is 12.1. The first kappa shape index (κ1) is 15.5. The van der Waals surface area contributed by atoms with Crippen molar-refractivity contribution in [2.75, 3.05) is 7.11 Å². The van der Waals surface area contributed by atoms with Crippen molar-refractivity contribution in [3.8, 4) is 5.75 Å². The van der Waals surface area contributed by atoms with Gasteiger partial charge in [-0.3, -0.25) is 0 Å². The van der Waals surface area contributed by atoms with Gasteiger partial charge in [0.05, 0.1) is 7.11 Å². The molecule has 0 spiro atoms. The Morgan fingerprint density at radius 2 is 1.95 bits per heavy atom. The molecule has 0 aliphatic heterocycles. The maximum atomic E-state index is 11.8. The average molecular weight is 264 g/mol. The number of carbonyl (C=O) groups is 1. The second kappa shape index (κ2) is 7.17. The van der Waals surface area contributed by atoms with Gasteiger partial charge in [0.15, 0.2) is 6.10 Å².